The van der Waals surface area contributed by atoms with E-state index in [0.717, 1.165) is 5.56 Å². The van der Waals surface area contributed by atoms with Gasteiger partial charge in [-0.15, -0.1) is 12.8 Å². The first-order valence-electron chi connectivity index (χ1n) is 9.88. The van der Waals surface area contributed by atoms with Crippen LogP contribution < -0.4 is 0 Å². The first-order chi connectivity index (χ1) is 15.9. The third-order valence-corrected chi connectivity index (χ3v) is 4.78. The zero-order valence-corrected chi connectivity index (χ0v) is 19.2. The van der Waals surface area contributed by atoms with E-state index >= 15 is 0 Å². The molecule has 0 aromatic heterocycles. The first kappa shape index (κ1) is 26.3. The quantitative estimate of drug-likeness (QED) is 0.322. The number of benzene rings is 2. The van der Waals surface area contributed by atoms with Gasteiger partial charge in [0.2, 0.25) is 0 Å². The smallest absolute Gasteiger partial charge is 0.340 e. The molecule has 0 N–H and O–H groups in total. The van der Waals surface area contributed by atoms with Crippen molar-refractivity contribution in [1.82, 2.24) is 0 Å². The summed E-state index contributed by atoms with van der Waals surface area (Å²) in [5.74, 6) is 3.43. The fraction of sp³-hybridized carbons (Fsp3) is 0.280. The van der Waals surface area contributed by atoms with Gasteiger partial charge >= 0.3 is 11.9 Å². The zero-order valence-electron chi connectivity index (χ0n) is 17.7. The Kier molecular flexibility index (Phi) is 11.3. The second-order valence-corrected chi connectivity index (χ2v) is 7.48. The Morgan fingerprint density at radius 3 is 1.94 bits per heavy atom. The van der Waals surface area contributed by atoms with Crippen LogP contribution in [-0.4, -0.2) is 38.4 Å². The molecular weight excluding hydrogens is 467 g/mol. The van der Waals surface area contributed by atoms with Gasteiger partial charge < -0.3 is 18.9 Å². The fourth-order valence-electron chi connectivity index (χ4n) is 2.69. The number of rotatable bonds is 12. The summed E-state index contributed by atoms with van der Waals surface area (Å²) in [7, 11) is 0. The molecule has 172 valence electrons. The highest BCUT2D eigenvalue weighted by molar-refractivity contribution is 6.30. The van der Waals surface area contributed by atoms with E-state index in [1.165, 1.54) is 0 Å². The largest absolute Gasteiger partial charge is 0.463 e. The van der Waals surface area contributed by atoms with Crippen LogP contribution in [-0.2, 0) is 28.5 Å². The molecule has 33 heavy (non-hydrogen) atoms. The molecule has 2 atom stereocenters. The third kappa shape index (κ3) is 9.18. The van der Waals surface area contributed by atoms with Crippen LogP contribution in [0.15, 0.2) is 48.5 Å². The summed E-state index contributed by atoms with van der Waals surface area (Å²) in [6.07, 6.45) is 8.72. The second-order valence-electron chi connectivity index (χ2n) is 6.60. The van der Waals surface area contributed by atoms with E-state index in [0.29, 0.717) is 15.6 Å². The molecule has 0 aliphatic rings. The number of carbonyl (C=O) groups is 2. The maximum absolute atomic E-state index is 12.5. The molecule has 2 aromatic rings. The Balaban J connectivity index is 1.86. The van der Waals surface area contributed by atoms with E-state index in [1.54, 1.807) is 48.5 Å². The van der Waals surface area contributed by atoms with Gasteiger partial charge in [0, 0.05) is 10.0 Å². The molecule has 0 radical (unpaired) electrons. The summed E-state index contributed by atoms with van der Waals surface area (Å²) < 4.78 is 21.4. The molecular formula is C25H22Cl2O6. The van der Waals surface area contributed by atoms with Gasteiger partial charge in [-0.1, -0.05) is 59.3 Å². The maximum Gasteiger partial charge on any atom is 0.340 e. The molecule has 2 rings (SSSR count). The monoisotopic (exact) mass is 488 g/mol. The molecule has 0 spiro atoms. The summed E-state index contributed by atoms with van der Waals surface area (Å²) in [5.41, 5.74) is 1.28. The normalized spacial score (nSPS) is 12.1. The van der Waals surface area contributed by atoms with Gasteiger partial charge in [-0.25, -0.2) is 4.79 Å². The van der Waals surface area contributed by atoms with Crippen LogP contribution in [0.1, 0.15) is 29.8 Å². The number of hydrogen-bond acceptors (Lipinski definition) is 6. The van der Waals surface area contributed by atoms with Gasteiger partial charge in [0.1, 0.15) is 32.5 Å². The minimum atomic E-state index is -1.04. The molecule has 0 aliphatic heterocycles. The average Bonchev–Trinajstić information content (AvgIpc) is 2.81. The van der Waals surface area contributed by atoms with Crippen LogP contribution in [0.25, 0.3) is 0 Å². The Morgan fingerprint density at radius 2 is 1.36 bits per heavy atom. The molecule has 0 amide bonds. The van der Waals surface area contributed by atoms with Gasteiger partial charge in [-0.2, -0.15) is 0 Å². The lowest BCUT2D eigenvalue weighted by Gasteiger charge is -2.18. The van der Waals surface area contributed by atoms with Crippen molar-refractivity contribution < 1.29 is 28.5 Å². The fourth-order valence-corrected chi connectivity index (χ4v) is 2.94. The summed E-state index contributed by atoms with van der Waals surface area (Å²) in [6.45, 7) is -0.298. The highest BCUT2D eigenvalue weighted by Gasteiger charge is 2.23. The van der Waals surface area contributed by atoms with E-state index in [-0.39, 0.29) is 32.8 Å². The highest BCUT2D eigenvalue weighted by atomic mass is 35.5. The highest BCUT2D eigenvalue weighted by Crippen LogP contribution is 2.22. The minimum absolute atomic E-state index is 0.0478. The number of ether oxygens (including phenoxy) is 4. The van der Waals surface area contributed by atoms with E-state index in [4.69, 9.17) is 55.0 Å². The number of halogens is 2. The van der Waals surface area contributed by atoms with Gasteiger partial charge in [-0.3, -0.25) is 4.79 Å². The Hall–Kier alpha value is -3.00. The predicted octanol–water partition coefficient (Wildman–Crippen LogP) is 4.55. The van der Waals surface area contributed by atoms with Crippen molar-refractivity contribution in [2.24, 2.45) is 0 Å². The van der Waals surface area contributed by atoms with Crippen LogP contribution in [0.2, 0.25) is 10.0 Å². The van der Waals surface area contributed by atoms with Crippen LogP contribution in [0.3, 0.4) is 0 Å². The van der Waals surface area contributed by atoms with E-state index in [1.807, 2.05) is 0 Å². The van der Waals surface area contributed by atoms with Gasteiger partial charge in [-0.05, 0) is 35.4 Å². The summed E-state index contributed by atoms with van der Waals surface area (Å²) in [4.78, 5) is 24.6. The molecule has 0 saturated carbocycles. The summed E-state index contributed by atoms with van der Waals surface area (Å²) >= 11 is 11.8. The van der Waals surface area contributed by atoms with Gasteiger partial charge in [0.05, 0.1) is 6.42 Å². The van der Waals surface area contributed by atoms with Crippen molar-refractivity contribution in [2.75, 3.05) is 26.4 Å². The van der Waals surface area contributed by atoms with E-state index < -0.39 is 24.1 Å². The van der Waals surface area contributed by atoms with Crippen molar-refractivity contribution in [3.63, 3.8) is 0 Å². The maximum atomic E-state index is 12.5. The van der Waals surface area contributed by atoms with E-state index in [9.17, 15) is 9.59 Å². The van der Waals surface area contributed by atoms with Crippen molar-refractivity contribution in [1.29, 1.82) is 0 Å². The third-order valence-electron chi connectivity index (χ3n) is 4.28. The SMILES string of the molecule is C#CCOC(COC(=O)CCOC(=O)C(OCC#C)c1ccc(Cl)cc1)c1ccc(Cl)cc1. The van der Waals surface area contributed by atoms with Gasteiger partial charge in [0.25, 0.3) is 0 Å². The van der Waals surface area contributed by atoms with Crippen molar-refractivity contribution in [3.05, 3.63) is 69.7 Å². The lowest BCUT2D eigenvalue weighted by molar-refractivity contribution is -0.159. The number of terminal acetylenes is 2. The zero-order chi connectivity index (χ0) is 24.1. The molecule has 2 aromatic carbocycles. The Morgan fingerprint density at radius 1 is 0.818 bits per heavy atom. The van der Waals surface area contributed by atoms with Crippen LogP contribution in [0, 0.1) is 24.7 Å². The Bertz CT molecular complexity index is 990. The van der Waals surface area contributed by atoms with Crippen molar-refractivity contribution in [3.8, 4) is 24.7 Å². The first-order valence-corrected chi connectivity index (χ1v) is 10.6. The molecule has 0 aliphatic carbocycles. The number of hydrogen-bond donors (Lipinski definition) is 0. The molecule has 6 nitrogen and oxygen atoms in total. The topological polar surface area (TPSA) is 71.1 Å². The van der Waals surface area contributed by atoms with Crippen LogP contribution in [0.5, 0.6) is 0 Å². The molecule has 2 unspecified atom stereocenters. The number of esters is 2. The van der Waals surface area contributed by atoms with Crippen molar-refractivity contribution in [2.45, 2.75) is 18.6 Å². The summed E-state index contributed by atoms with van der Waals surface area (Å²) in [5, 5.41) is 1.07. The predicted molar refractivity (Wildman–Crippen MR) is 124 cm³/mol. The summed E-state index contributed by atoms with van der Waals surface area (Å²) in [6, 6.07) is 13.4. The molecule has 0 fully saturated rings. The lowest BCUT2D eigenvalue weighted by Crippen LogP contribution is -2.22. The van der Waals surface area contributed by atoms with Crippen LogP contribution >= 0.6 is 23.2 Å². The second kappa shape index (κ2) is 14.2. The molecule has 0 bridgehead atoms. The number of carbonyl (C=O) groups excluding carboxylic acids is 2. The lowest BCUT2D eigenvalue weighted by atomic mass is 10.1. The van der Waals surface area contributed by atoms with E-state index in [2.05, 4.69) is 11.8 Å². The van der Waals surface area contributed by atoms with Gasteiger partial charge in [0.15, 0.2) is 6.10 Å². The standard InChI is InChI=1S/C25H22Cl2O6/c1-3-14-30-22(18-5-9-20(26)10-6-18)17-33-23(28)13-16-32-25(29)24(31-15-4-2)19-7-11-21(27)12-8-19/h1-2,5-12,22,24H,13-17H2. The molecule has 0 heterocycles. The van der Waals surface area contributed by atoms with Crippen LogP contribution in [0.4, 0.5) is 0 Å². The molecule has 8 heteroatoms. The van der Waals surface area contributed by atoms with Crippen molar-refractivity contribution >= 4 is 35.1 Å². The molecule has 0 saturated heterocycles. The minimum Gasteiger partial charge on any atom is -0.463 e. The Labute approximate surface area is 203 Å². The average molecular weight is 489 g/mol.